The summed E-state index contributed by atoms with van der Waals surface area (Å²) in [6.45, 7) is 1.49. The Bertz CT molecular complexity index is 494. The van der Waals surface area contributed by atoms with Gasteiger partial charge in [-0.3, -0.25) is 0 Å². The maximum absolute atomic E-state index is 13.5. The molecule has 16 heavy (non-hydrogen) atoms. The van der Waals surface area contributed by atoms with E-state index in [0.29, 0.717) is 0 Å². The van der Waals surface area contributed by atoms with Crippen molar-refractivity contribution in [3.63, 3.8) is 0 Å². The number of sulfone groups is 1. The normalized spacial score (nSPS) is 13.8. The number of aliphatic hydroxyl groups is 1. The highest BCUT2D eigenvalue weighted by atomic mass is 32.2. The molecule has 1 unspecified atom stereocenters. The Hall–Kier alpha value is -1.14. The van der Waals surface area contributed by atoms with Crippen LogP contribution in [0.1, 0.15) is 12.5 Å². The Morgan fingerprint density at radius 2 is 2.00 bits per heavy atom. The summed E-state index contributed by atoms with van der Waals surface area (Å²) in [4.78, 5) is -0.542. The van der Waals surface area contributed by atoms with Crippen LogP contribution in [0, 0.1) is 5.82 Å². The molecule has 6 heteroatoms. The van der Waals surface area contributed by atoms with Gasteiger partial charge in [0, 0.05) is 12.7 Å². The van der Waals surface area contributed by atoms with E-state index in [1.54, 1.807) is 0 Å². The lowest BCUT2D eigenvalue weighted by atomic mass is 10.1. The lowest BCUT2D eigenvalue weighted by Gasteiger charge is -2.09. The van der Waals surface area contributed by atoms with E-state index >= 15 is 0 Å². The van der Waals surface area contributed by atoms with E-state index in [2.05, 4.69) is 0 Å². The van der Waals surface area contributed by atoms with Crippen molar-refractivity contribution in [1.82, 2.24) is 0 Å². The second-order valence-electron chi connectivity index (χ2n) is 3.71. The minimum atomic E-state index is -3.70. The first kappa shape index (κ1) is 12.9. The number of aromatic hydroxyl groups is 1. The molecule has 1 rings (SSSR count). The lowest BCUT2D eigenvalue weighted by molar-refractivity contribution is 0.194. The molecule has 1 aromatic carbocycles. The molecule has 0 aliphatic rings. The van der Waals surface area contributed by atoms with Gasteiger partial charge in [0.1, 0.15) is 4.90 Å². The third-order valence-corrected chi connectivity index (χ3v) is 3.19. The lowest BCUT2D eigenvalue weighted by Crippen LogP contribution is -2.07. The summed E-state index contributed by atoms with van der Waals surface area (Å²) in [5.41, 5.74) is 0.180. The van der Waals surface area contributed by atoms with E-state index in [1.165, 1.54) is 13.0 Å². The molecule has 90 valence electrons. The van der Waals surface area contributed by atoms with Gasteiger partial charge in [-0.15, -0.1) is 0 Å². The number of benzene rings is 1. The zero-order valence-electron chi connectivity index (χ0n) is 8.94. The van der Waals surface area contributed by atoms with Crippen LogP contribution in [0.15, 0.2) is 17.0 Å². The van der Waals surface area contributed by atoms with Gasteiger partial charge in [0.15, 0.2) is 21.4 Å². The van der Waals surface area contributed by atoms with E-state index in [9.17, 15) is 17.9 Å². The molecule has 0 spiro atoms. The molecule has 0 radical (unpaired) electrons. The van der Waals surface area contributed by atoms with E-state index in [0.717, 1.165) is 12.3 Å². The zero-order chi connectivity index (χ0) is 12.5. The van der Waals surface area contributed by atoms with Crippen molar-refractivity contribution in [3.05, 3.63) is 23.5 Å². The standard InChI is InChI=1S/C10H13FO4S/c1-6(12)5-7-3-4-8(16(2,14)15)9(11)10(7)13/h3-4,6,12-13H,5H2,1-2H3. The monoisotopic (exact) mass is 248 g/mol. The molecule has 0 aliphatic heterocycles. The Balaban J connectivity index is 3.29. The van der Waals surface area contributed by atoms with Gasteiger partial charge in [-0.25, -0.2) is 12.8 Å². The average Bonchev–Trinajstić information content (AvgIpc) is 2.10. The molecular formula is C10H13FO4S. The molecule has 2 N–H and O–H groups in total. The number of hydrogen-bond acceptors (Lipinski definition) is 4. The van der Waals surface area contributed by atoms with Crippen molar-refractivity contribution in [2.75, 3.05) is 6.26 Å². The number of phenols is 1. The maximum Gasteiger partial charge on any atom is 0.183 e. The molecule has 0 amide bonds. The van der Waals surface area contributed by atoms with Crippen LogP contribution in [0.3, 0.4) is 0 Å². The highest BCUT2D eigenvalue weighted by Gasteiger charge is 2.19. The second kappa shape index (κ2) is 4.39. The minimum absolute atomic E-state index is 0.0623. The van der Waals surface area contributed by atoms with Crippen molar-refractivity contribution >= 4 is 9.84 Å². The Labute approximate surface area is 93.3 Å². The van der Waals surface area contributed by atoms with E-state index < -0.39 is 32.4 Å². The Kier molecular flexibility index (Phi) is 3.54. The fourth-order valence-electron chi connectivity index (χ4n) is 1.36. The topological polar surface area (TPSA) is 74.6 Å². The van der Waals surface area contributed by atoms with Crippen LogP contribution in [0.4, 0.5) is 4.39 Å². The number of hydrogen-bond donors (Lipinski definition) is 2. The molecule has 0 saturated heterocycles. The molecular weight excluding hydrogens is 235 g/mol. The first-order valence-corrected chi connectivity index (χ1v) is 6.51. The van der Waals surface area contributed by atoms with E-state index in [1.807, 2.05) is 0 Å². The summed E-state index contributed by atoms with van der Waals surface area (Å²) in [6, 6.07) is 2.38. The van der Waals surface area contributed by atoms with Gasteiger partial charge >= 0.3 is 0 Å². The van der Waals surface area contributed by atoms with Crippen LogP contribution in [0.25, 0.3) is 0 Å². The van der Waals surface area contributed by atoms with Crippen molar-refractivity contribution in [1.29, 1.82) is 0 Å². The molecule has 1 aromatic rings. The predicted octanol–water partition coefficient (Wildman–Crippen LogP) is 0.858. The highest BCUT2D eigenvalue weighted by Crippen LogP contribution is 2.28. The van der Waals surface area contributed by atoms with Crippen LogP contribution in [0.5, 0.6) is 5.75 Å². The molecule has 0 saturated carbocycles. The van der Waals surface area contributed by atoms with Crippen LogP contribution in [-0.2, 0) is 16.3 Å². The van der Waals surface area contributed by atoms with Gasteiger partial charge in [-0.1, -0.05) is 6.07 Å². The SMILES string of the molecule is CC(O)Cc1ccc(S(C)(=O)=O)c(F)c1O. The first-order chi connectivity index (χ1) is 7.23. The summed E-state index contributed by atoms with van der Waals surface area (Å²) in [5.74, 6) is -1.88. The quantitative estimate of drug-likeness (QED) is 0.832. The van der Waals surface area contributed by atoms with Gasteiger partial charge in [-0.2, -0.15) is 0 Å². The first-order valence-electron chi connectivity index (χ1n) is 4.62. The van der Waals surface area contributed by atoms with Crippen LogP contribution in [0.2, 0.25) is 0 Å². The van der Waals surface area contributed by atoms with Crippen LogP contribution in [-0.4, -0.2) is 31.0 Å². The van der Waals surface area contributed by atoms with Gasteiger partial charge in [0.25, 0.3) is 0 Å². The summed E-state index contributed by atoms with van der Waals surface area (Å²) >= 11 is 0. The molecule has 0 heterocycles. The van der Waals surface area contributed by atoms with Crippen LogP contribution < -0.4 is 0 Å². The summed E-state index contributed by atoms with van der Waals surface area (Å²) in [5, 5.41) is 18.5. The number of aliphatic hydroxyl groups excluding tert-OH is 1. The predicted molar refractivity (Wildman–Crippen MR) is 56.6 cm³/mol. The zero-order valence-corrected chi connectivity index (χ0v) is 9.75. The molecule has 0 fully saturated rings. The minimum Gasteiger partial charge on any atom is -0.505 e. The largest absolute Gasteiger partial charge is 0.505 e. The fourth-order valence-corrected chi connectivity index (χ4v) is 2.09. The third kappa shape index (κ3) is 2.70. The van der Waals surface area contributed by atoms with Gasteiger partial charge < -0.3 is 10.2 Å². The second-order valence-corrected chi connectivity index (χ2v) is 5.69. The van der Waals surface area contributed by atoms with Crippen molar-refractivity contribution in [2.45, 2.75) is 24.3 Å². The summed E-state index contributed by atoms with van der Waals surface area (Å²) in [6.07, 6.45) is 0.181. The Morgan fingerprint density at radius 1 is 1.44 bits per heavy atom. The smallest absolute Gasteiger partial charge is 0.183 e. The number of halogens is 1. The van der Waals surface area contributed by atoms with Gasteiger partial charge in [0.05, 0.1) is 6.10 Å². The van der Waals surface area contributed by atoms with Gasteiger partial charge in [-0.05, 0) is 18.6 Å². The third-order valence-electron chi connectivity index (χ3n) is 2.08. The van der Waals surface area contributed by atoms with Crippen molar-refractivity contribution < 1.29 is 23.0 Å². The number of rotatable bonds is 3. The molecule has 1 atom stereocenters. The molecule has 0 aromatic heterocycles. The van der Waals surface area contributed by atoms with Crippen molar-refractivity contribution in [2.24, 2.45) is 0 Å². The van der Waals surface area contributed by atoms with Crippen LogP contribution >= 0.6 is 0 Å². The Morgan fingerprint density at radius 3 is 2.44 bits per heavy atom. The molecule has 4 nitrogen and oxygen atoms in total. The van der Waals surface area contributed by atoms with Crippen molar-refractivity contribution in [3.8, 4) is 5.75 Å². The van der Waals surface area contributed by atoms with Gasteiger partial charge in [0.2, 0.25) is 0 Å². The summed E-state index contributed by atoms with van der Waals surface area (Å²) in [7, 11) is -3.70. The molecule has 0 aliphatic carbocycles. The average molecular weight is 248 g/mol. The van der Waals surface area contributed by atoms with E-state index in [4.69, 9.17) is 5.11 Å². The summed E-state index contributed by atoms with van der Waals surface area (Å²) < 4.78 is 35.8. The highest BCUT2D eigenvalue weighted by molar-refractivity contribution is 7.90. The number of phenolic OH excluding ortho intramolecular Hbond substituents is 1. The molecule has 0 bridgehead atoms. The van der Waals surface area contributed by atoms with E-state index in [-0.39, 0.29) is 12.0 Å². The maximum atomic E-state index is 13.5. The fraction of sp³-hybridized carbons (Fsp3) is 0.400.